The summed E-state index contributed by atoms with van der Waals surface area (Å²) in [7, 11) is 0.894. The van der Waals surface area contributed by atoms with Crippen LogP contribution in [0.5, 0.6) is 0 Å². The van der Waals surface area contributed by atoms with Gasteiger partial charge in [0.05, 0.1) is 9.52 Å². The van der Waals surface area contributed by atoms with Crippen LogP contribution in [0.15, 0.2) is 121 Å². The minimum atomic E-state index is 0. The molecule has 2 radical (unpaired) electrons. The van der Waals surface area contributed by atoms with E-state index in [1.807, 2.05) is 36.4 Å². The zero-order valence-electron chi connectivity index (χ0n) is 17.3. The first-order valence-electron chi connectivity index (χ1n) is 9.93. The van der Waals surface area contributed by atoms with Crippen LogP contribution in [-0.2, 0) is 21.7 Å². The summed E-state index contributed by atoms with van der Waals surface area (Å²) < 4.78 is 0. The Labute approximate surface area is 198 Å². The maximum Gasteiger partial charge on any atom is 2.00 e. The van der Waals surface area contributed by atoms with E-state index in [0.29, 0.717) is 5.92 Å². The van der Waals surface area contributed by atoms with Gasteiger partial charge in [-0.05, 0) is 16.7 Å². The van der Waals surface area contributed by atoms with Crippen LogP contribution in [0.25, 0.3) is 12.2 Å². The maximum atomic E-state index is 2.31. The Balaban J connectivity index is 0.000000211. The summed E-state index contributed by atoms with van der Waals surface area (Å²) in [5.41, 5.74) is 3.86. The third-order valence-corrected chi connectivity index (χ3v) is 5.48. The fraction of sp³-hybridized carbons (Fsp3) is 0.0714. The van der Waals surface area contributed by atoms with Gasteiger partial charge in [0, 0.05) is 5.92 Å². The van der Waals surface area contributed by atoms with Gasteiger partial charge in [-0.3, -0.25) is 0 Å². The van der Waals surface area contributed by atoms with E-state index in [-0.39, 0.29) is 21.7 Å². The Morgan fingerprint density at radius 2 is 1.20 bits per heavy atom. The van der Waals surface area contributed by atoms with E-state index >= 15 is 0 Å². The van der Waals surface area contributed by atoms with Crippen LogP contribution in [0, 0.1) is 0 Å². The van der Waals surface area contributed by atoms with Gasteiger partial charge in [-0.1, -0.05) is 145 Å². The molecular weight excluding hydrogens is 412 g/mol. The molecule has 0 aliphatic heterocycles. The van der Waals surface area contributed by atoms with Crippen LogP contribution in [0.2, 0.25) is 6.55 Å². The molecule has 0 nitrogen and oxygen atoms in total. The Morgan fingerprint density at radius 1 is 0.667 bits per heavy atom. The van der Waals surface area contributed by atoms with E-state index < -0.39 is 0 Å². The van der Waals surface area contributed by atoms with Crippen molar-refractivity contribution in [1.29, 1.82) is 0 Å². The minimum absolute atomic E-state index is 0. The van der Waals surface area contributed by atoms with Crippen molar-refractivity contribution < 1.29 is 21.7 Å². The summed E-state index contributed by atoms with van der Waals surface area (Å²) in [5.74, 6) is 0.510. The molecule has 30 heavy (non-hydrogen) atoms. The van der Waals surface area contributed by atoms with Gasteiger partial charge in [-0.25, -0.2) is 0 Å². The average Bonchev–Trinajstić information content (AvgIpc) is 3.34. The predicted molar refractivity (Wildman–Crippen MR) is 130 cm³/mol. The Hall–Kier alpha value is -2.45. The van der Waals surface area contributed by atoms with Crippen LogP contribution < -0.4 is 5.19 Å². The molecule has 4 rings (SSSR count). The molecule has 0 saturated carbocycles. The van der Waals surface area contributed by atoms with E-state index in [4.69, 9.17) is 0 Å². The molecule has 144 valence electrons. The zero-order chi connectivity index (χ0) is 20.2. The number of hydrogen-bond donors (Lipinski definition) is 0. The van der Waals surface area contributed by atoms with Crippen LogP contribution in [0.3, 0.4) is 0 Å². The molecule has 0 unspecified atom stereocenters. The maximum absolute atomic E-state index is 2.31. The molecule has 1 aliphatic rings. The second-order valence-electron chi connectivity index (χ2n) is 6.71. The molecule has 0 heterocycles. The Bertz CT molecular complexity index is 926. The summed E-state index contributed by atoms with van der Waals surface area (Å²) in [6.07, 6.45) is 17.0. The van der Waals surface area contributed by atoms with Gasteiger partial charge >= 0.3 is 21.7 Å². The normalized spacial score (nSPS) is 12.7. The van der Waals surface area contributed by atoms with E-state index in [1.165, 1.54) is 21.9 Å². The molecule has 0 saturated heterocycles. The van der Waals surface area contributed by atoms with E-state index in [2.05, 4.69) is 104 Å². The number of allylic oxidation sites excluding steroid dienone is 6. The van der Waals surface area contributed by atoms with Crippen molar-refractivity contribution in [3.8, 4) is 0 Å². The molecule has 0 aromatic heterocycles. The van der Waals surface area contributed by atoms with Gasteiger partial charge in [0.25, 0.3) is 0 Å². The standard InChI is InChI=1S/C16H14.C12H12Si.Ti/c1-3-9-15(10-4-1)13-7-8-14-16-11-5-2-6-12-16;1-13-12-8-4-7-11(9-12)10-5-2-3-6-10;/h1-14H;2-10H,1H3;/q;;+2. The van der Waals surface area contributed by atoms with Crippen molar-refractivity contribution >= 4 is 26.9 Å². The van der Waals surface area contributed by atoms with Crippen molar-refractivity contribution in [3.63, 3.8) is 0 Å². The van der Waals surface area contributed by atoms with Gasteiger partial charge in [0.2, 0.25) is 0 Å². The van der Waals surface area contributed by atoms with Crippen LogP contribution in [-0.4, -0.2) is 9.52 Å². The number of rotatable bonds is 5. The van der Waals surface area contributed by atoms with Gasteiger partial charge in [-0.15, -0.1) is 0 Å². The van der Waals surface area contributed by atoms with Crippen LogP contribution in [0.1, 0.15) is 22.6 Å². The molecule has 0 atom stereocenters. The van der Waals surface area contributed by atoms with Gasteiger partial charge in [0.15, 0.2) is 0 Å². The average molecular weight is 438 g/mol. The quantitative estimate of drug-likeness (QED) is 0.308. The van der Waals surface area contributed by atoms with E-state index in [9.17, 15) is 0 Å². The molecule has 0 amide bonds. The van der Waals surface area contributed by atoms with Crippen LogP contribution >= 0.6 is 0 Å². The van der Waals surface area contributed by atoms with Crippen molar-refractivity contribution in [2.45, 2.75) is 12.5 Å². The predicted octanol–water partition coefficient (Wildman–Crippen LogP) is 6.68. The second-order valence-corrected chi connectivity index (χ2v) is 7.79. The van der Waals surface area contributed by atoms with E-state index in [1.54, 1.807) is 0 Å². The minimum Gasteiger partial charge on any atom is -0.0732 e. The summed E-state index contributed by atoms with van der Waals surface area (Å²) in [6.45, 7) is 2.22. The van der Waals surface area contributed by atoms with Crippen molar-refractivity contribution in [3.05, 3.63) is 138 Å². The third-order valence-electron chi connectivity index (χ3n) is 4.60. The van der Waals surface area contributed by atoms with Gasteiger partial charge in [-0.2, -0.15) is 0 Å². The fourth-order valence-electron chi connectivity index (χ4n) is 3.02. The zero-order valence-corrected chi connectivity index (χ0v) is 19.8. The summed E-state index contributed by atoms with van der Waals surface area (Å²) in [6, 6.07) is 29.4. The van der Waals surface area contributed by atoms with Gasteiger partial charge < -0.3 is 0 Å². The summed E-state index contributed by atoms with van der Waals surface area (Å²) in [5, 5.41) is 1.45. The molecule has 1 aliphatic carbocycles. The molecule has 3 aromatic rings. The first-order chi connectivity index (χ1) is 14.3. The molecule has 2 heteroatoms. The van der Waals surface area contributed by atoms with Crippen molar-refractivity contribution in [1.82, 2.24) is 0 Å². The first-order valence-corrected chi connectivity index (χ1v) is 11.4. The third kappa shape index (κ3) is 8.12. The smallest absolute Gasteiger partial charge is 0.0732 e. The van der Waals surface area contributed by atoms with Crippen molar-refractivity contribution in [2.24, 2.45) is 0 Å². The molecule has 0 bridgehead atoms. The molecule has 0 N–H and O–H groups in total. The molecule has 3 aromatic carbocycles. The van der Waals surface area contributed by atoms with E-state index in [0.717, 1.165) is 9.52 Å². The monoisotopic (exact) mass is 438 g/mol. The SMILES string of the molecule is C(C=Cc1ccccc1)=Cc1ccccc1.C[Si]c1cccc(C2C=CC=C2)c1.[Ti+2]. The molecule has 0 fully saturated rings. The summed E-state index contributed by atoms with van der Waals surface area (Å²) in [4.78, 5) is 0. The van der Waals surface area contributed by atoms with Crippen molar-refractivity contribution in [2.75, 3.05) is 0 Å². The Morgan fingerprint density at radius 3 is 1.70 bits per heavy atom. The van der Waals surface area contributed by atoms with Gasteiger partial charge in [0.1, 0.15) is 0 Å². The first kappa shape index (κ1) is 23.8. The number of hydrogen-bond acceptors (Lipinski definition) is 0. The van der Waals surface area contributed by atoms with Crippen LogP contribution in [0.4, 0.5) is 0 Å². The summed E-state index contributed by atoms with van der Waals surface area (Å²) >= 11 is 0. The number of benzene rings is 3. The molecule has 0 spiro atoms. The topological polar surface area (TPSA) is 0 Å². The fourth-order valence-corrected chi connectivity index (χ4v) is 3.59. The molecular formula is C28H26SiTi+2. The largest absolute Gasteiger partial charge is 2.00 e. The Kier molecular flexibility index (Phi) is 10.9. The second kappa shape index (κ2) is 13.7.